The zero-order chi connectivity index (χ0) is 19.8. The standard InChI is InChI=1S/C19H16FN5O3/c1-10(11-3-6-13(28-2)7-4-11)21-18(26)16-17-19(27)22-14-9-12(20)5-8-15(14)25(17)24-23-16/h3-10H,1-2H3,(H,21,26)(H,22,27). The van der Waals surface area contributed by atoms with Crippen LogP contribution in [0.2, 0.25) is 0 Å². The largest absolute Gasteiger partial charge is 0.497 e. The van der Waals surface area contributed by atoms with Gasteiger partial charge in [-0.2, -0.15) is 0 Å². The topological polar surface area (TPSA) is 101 Å². The number of hydrogen-bond acceptors (Lipinski definition) is 5. The van der Waals surface area contributed by atoms with E-state index in [0.29, 0.717) is 11.3 Å². The molecule has 142 valence electrons. The van der Waals surface area contributed by atoms with Gasteiger partial charge in [0.15, 0.2) is 11.2 Å². The van der Waals surface area contributed by atoms with Gasteiger partial charge >= 0.3 is 0 Å². The van der Waals surface area contributed by atoms with Crippen molar-refractivity contribution in [3.63, 3.8) is 0 Å². The number of halogens is 1. The minimum absolute atomic E-state index is 0.00135. The summed E-state index contributed by atoms with van der Waals surface area (Å²) in [6.07, 6.45) is 0. The number of rotatable bonds is 4. The number of amides is 1. The van der Waals surface area contributed by atoms with Gasteiger partial charge in [-0.25, -0.2) is 8.91 Å². The molecule has 2 heterocycles. The van der Waals surface area contributed by atoms with E-state index in [1.54, 1.807) is 19.2 Å². The average Bonchev–Trinajstić information content (AvgIpc) is 3.14. The summed E-state index contributed by atoms with van der Waals surface area (Å²) >= 11 is 0. The van der Waals surface area contributed by atoms with E-state index in [9.17, 15) is 14.0 Å². The molecule has 2 aromatic carbocycles. The molecule has 1 amide bonds. The maximum absolute atomic E-state index is 13.4. The van der Waals surface area contributed by atoms with Gasteiger partial charge in [-0.05, 0) is 42.8 Å². The van der Waals surface area contributed by atoms with Crippen molar-refractivity contribution >= 4 is 22.5 Å². The van der Waals surface area contributed by atoms with E-state index in [2.05, 4.69) is 20.6 Å². The van der Waals surface area contributed by atoms with E-state index in [1.807, 2.05) is 19.1 Å². The number of aromatic nitrogens is 4. The Labute approximate surface area is 157 Å². The maximum atomic E-state index is 13.4. The minimum atomic E-state index is -0.578. The van der Waals surface area contributed by atoms with E-state index in [1.165, 1.54) is 22.7 Å². The number of aromatic amines is 1. The molecular formula is C19H16FN5O3. The van der Waals surface area contributed by atoms with Crippen molar-refractivity contribution in [3.05, 3.63) is 69.9 Å². The minimum Gasteiger partial charge on any atom is -0.497 e. The van der Waals surface area contributed by atoms with Crippen LogP contribution in [0.1, 0.15) is 29.0 Å². The molecule has 4 aromatic rings. The van der Waals surface area contributed by atoms with Gasteiger partial charge in [0.25, 0.3) is 11.5 Å². The van der Waals surface area contributed by atoms with Crippen LogP contribution in [0, 0.1) is 5.82 Å². The summed E-state index contributed by atoms with van der Waals surface area (Å²) in [6, 6.07) is 10.8. The Hall–Kier alpha value is -3.75. The summed E-state index contributed by atoms with van der Waals surface area (Å²) in [4.78, 5) is 27.7. The first-order valence-electron chi connectivity index (χ1n) is 8.49. The number of nitrogens with one attached hydrogen (secondary N) is 2. The fraction of sp³-hybridized carbons (Fsp3) is 0.158. The van der Waals surface area contributed by atoms with Crippen molar-refractivity contribution in [2.75, 3.05) is 7.11 Å². The van der Waals surface area contributed by atoms with Gasteiger partial charge in [0, 0.05) is 0 Å². The van der Waals surface area contributed by atoms with E-state index in [4.69, 9.17) is 4.74 Å². The van der Waals surface area contributed by atoms with E-state index in [-0.39, 0.29) is 22.8 Å². The molecule has 0 aliphatic carbocycles. The molecule has 1 unspecified atom stereocenters. The molecular weight excluding hydrogens is 365 g/mol. The highest BCUT2D eigenvalue weighted by Crippen LogP contribution is 2.19. The number of methoxy groups -OCH3 is 1. The van der Waals surface area contributed by atoms with Crippen LogP contribution < -0.4 is 15.6 Å². The third-order valence-corrected chi connectivity index (χ3v) is 4.50. The summed E-state index contributed by atoms with van der Waals surface area (Å²) in [7, 11) is 1.58. The molecule has 2 aromatic heterocycles. The number of carbonyl (C=O) groups excluding carboxylic acids is 1. The van der Waals surface area contributed by atoms with Crippen molar-refractivity contribution < 1.29 is 13.9 Å². The number of benzene rings is 2. The predicted molar refractivity (Wildman–Crippen MR) is 99.9 cm³/mol. The molecule has 4 rings (SSSR count). The Balaban J connectivity index is 1.69. The fourth-order valence-corrected chi connectivity index (χ4v) is 3.02. The predicted octanol–water partition coefficient (Wildman–Crippen LogP) is 2.21. The summed E-state index contributed by atoms with van der Waals surface area (Å²) < 4.78 is 19.8. The molecule has 0 saturated carbocycles. The smallest absolute Gasteiger partial charge is 0.277 e. The third-order valence-electron chi connectivity index (χ3n) is 4.50. The first kappa shape index (κ1) is 17.7. The maximum Gasteiger partial charge on any atom is 0.277 e. The highest BCUT2D eigenvalue weighted by Gasteiger charge is 2.21. The molecule has 0 radical (unpaired) electrons. The van der Waals surface area contributed by atoms with Crippen molar-refractivity contribution in [1.82, 2.24) is 25.1 Å². The van der Waals surface area contributed by atoms with E-state index < -0.39 is 17.3 Å². The Morgan fingerprint density at radius 3 is 2.71 bits per heavy atom. The van der Waals surface area contributed by atoms with Crippen molar-refractivity contribution in [2.24, 2.45) is 0 Å². The zero-order valence-corrected chi connectivity index (χ0v) is 15.1. The van der Waals surface area contributed by atoms with Crippen LogP contribution in [0.4, 0.5) is 4.39 Å². The summed E-state index contributed by atoms with van der Waals surface area (Å²) in [6.45, 7) is 1.81. The lowest BCUT2D eigenvalue weighted by atomic mass is 10.1. The Morgan fingerprint density at radius 1 is 1.25 bits per heavy atom. The van der Waals surface area contributed by atoms with Crippen molar-refractivity contribution in [2.45, 2.75) is 13.0 Å². The summed E-state index contributed by atoms with van der Waals surface area (Å²) in [5, 5.41) is 10.6. The van der Waals surface area contributed by atoms with Crippen LogP contribution in [-0.2, 0) is 0 Å². The van der Waals surface area contributed by atoms with Crippen LogP contribution in [0.15, 0.2) is 47.3 Å². The third kappa shape index (κ3) is 2.96. The van der Waals surface area contributed by atoms with Crippen LogP contribution >= 0.6 is 0 Å². The van der Waals surface area contributed by atoms with E-state index in [0.717, 1.165) is 5.56 Å². The molecule has 0 spiro atoms. The monoisotopic (exact) mass is 381 g/mol. The van der Waals surface area contributed by atoms with Crippen LogP contribution in [-0.4, -0.2) is 32.8 Å². The van der Waals surface area contributed by atoms with Gasteiger partial charge in [0.1, 0.15) is 11.6 Å². The van der Waals surface area contributed by atoms with Crippen LogP contribution in [0.3, 0.4) is 0 Å². The number of nitrogens with zero attached hydrogens (tertiary/aromatic N) is 3. The zero-order valence-electron chi connectivity index (χ0n) is 15.1. The SMILES string of the molecule is COc1ccc(C(C)NC(=O)c2nnn3c2c(=O)[nH]c2cc(F)ccc23)cc1. The highest BCUT2D eigenvalue weighted by atomic mass is 19.1. The van der Waals surface area contributed by atoms with Crippen molar-refractivity contribution in [3.8, 4) is 5.75 Å². The summed E-state index contributed by atoms with van der Waals surface area (Å²) in [5.74, 6) is -0.319. The molecule has 0 bridgehead atoms. The lowest BCUT2D eigenvalue weighted by molar-refractivity contribution is 0.0936. The molecule has 28 heavy (non-hydrogen) atoms. The number of fused-ring (bicyclic) bond motifs is 3. The van der Waals surface area contributed by atoms with Gasteiger partial charge in [-0.1, -0.05) is 17.3 Å². The first-order chi connectivity index (χ1) is 13.5. The molecule has 1 atom stereocenters. The molecule has 0 aliphatic rings. The first-order valence-corrected chi connectivity index (χ1v) is 8.49. The van der Waals surface area contributed by atoms with Gasteiger partial charge < -0.3 is 15.0 Å². The number of H-pyrrole nitrogens is 1. The van der Waals surface area contributed by atoms with Gasteiger partial charge in [-0.3, -0.25) is 9.59 Å². The molecule has 9 heteroatoms. The molecule has 8 nitrogen and oxygen atoms in total. The molecule has 0 fully saturated rings. The fourth-order valence-electron chi connectivity index (χ4n) is 3.02. The van der Waals surface area contributed by atoms with Crippen LogP contribution in [0.5, 0.6) is 5.75 Å². The lowest BCUT2D eigenvalue weighted by Crippen LogP contribution is -2.28. The highest BCUT2D eigenvalue weighted by molar-refractivity contribution is 5.99. The molecule has 0 aliphatic heterocycles. The average molecular weight is 381 g/mol. The van der Waals surface area contributed by atoms with Gasteiger partial charge in [0.05, 0.1) is 24.2 Å². The Bertz CT molecular complexity index is 1250. The quantitative estimate of drug-likeness (QED) is 0.564. The normalized spacial score (nSPS) is 12.2. The Morgan fingerprint density at radius 2 is 2.00 bits per heavy atom. The summed E-state index contributed by atoms with van der Waals surface area (Å²) in [5.41, 5.74) is 0.879. The number of hydrogen-bond donors (Lipinski definition) is 2. The van der Waals surface area contributed by atoms with Gasteiger partial charge in [0.2, 0.25) is 0 Å². The second-order valence-electron chi connectivity index (χ2n) is 6.28. The molecule has 0 saturated heterocycles. The van der Waals surface area contributed by atoms with E-state index >= 15 is 0 Å². The number of ether oxygens (including phenoxy) is 1. The Kier molecular flexibility index (Phi) is 4.26. The number of carbonyl (C=O) groups is 1. The molecule has 2 N–H and O–H groups in total. The van der Waals surface area contributed by atoms with Crippen molar-refractivity contribution in [1.29, 1.82) is 0 Å². The van der Waals surface area contributed by atoms with Crippen LogP contribution in [0.25, 0.3) is 16.6 Å². The lowest BCUT2D eigenvalue weighted by Gasteiger charge is -2.14. The second-order valence-corrected chi connectivity index (χ2v) is 6.28. The van der Waals surface area contributed by atoms with Gasteiger partial charge in [-0.15, -0.1) is 5.10 Å². The second kappa shape index (κ2) is 6.76.